The average Bonchev–Trinajstić information content (AvgIpc) is 2.85. The van der Waals surface area contributed by atoms with Gasteiger partial charge in [0.05, 0.1) is 7.11 Å². The van der Waals surface area contributed by atoms with E-state index >= 15 is 0 Å². The van der Waals surface area contributed by atoms with Gasteiger partial charge in [0, 0.05) is 19.5 Å². The lowest BCUT2D eigenvalue weighted by atomic mass is 10.1. The fourth-order valence-electron chi connectivity index (χ4n) is 3.72. The number of carbonyl (C=O) groups is 2. The van der Waals surface area contributed by atoms with Gasteiger partial charge in [-0.2, -0.15) is 0 Å². The third kappa shape index (κ3) is 6.88. The highest BCUT2D eigenvalue weighted by atomic mass is 16.6. The first-order valence-corrected chi connectivity index (χ1v) is 11.6. The van der Waals surface area contributed by atoms with E-state index in [-0.39, 0.29) is 18.2 Å². The first-order valence-electron chi connectivity index (χ1n) is 11.6. The SMILES string of the molecule is CCCCNC(=O)[C@@H](C)N(Cc1cccc(OC)c1)C(=O)CCc1ccc2c(c1)OCCO2. The quantitative estimate of drug-likeness (QED) is 0.524. The normalized spacial score (nSPS) is 13.2. The zero-order chi connectivity index (χ0) is 23.6. The van der Waals surface area contributed by atoms with Crippen molar-refractivity contribution in [3.05, 3.63) is 53.6 Å². The van der Waals surface area contributed by atoms with E-state index in [1.165, 1.54) is 0 Å². The van der Waals surface area contributed by atoms with Gasteiger partial charge in [-0.1, -0.05) is 31.5 Å². The van der Waals surface area contributed by atoms with Crippen molar-refractivity contribution in [1.29, 1.82) is 0 Å². The van der Waals surface area contributed by atoms with Crippen molar-refractivity contribution < 1.29 is 23.8 Å². The predicted octanol–water partition coefficient (Wildman–Crippen LogP) is 3.73. The third-order valence-electron chi connectivity index (χ3n) is 5.72. The fourth-order valence-corrected chi connectivity index (χ4v) is 3.72. The van der Waals surface area contributed by atoms with Gasteiger partial charge in [-0.25, -0.2) is 0 Å². The number of fused-ring (bicyclic) bond motifs is 1. The number of aryl methyl sites for hydroxylation is 1. The summed E-state index contributed by atoms with van der Waals surface area (Å²) >= 11 is 0. The largest absolute Gasteiger partial charge is 0.497 e. The molecule has 0 unspecified atom stereocenters. The number of hydrogen-bond acceptors (Lipinski definition) is 5. The van der Waals surface area contributed by atoms with Crippen LogP contribution in [-0.2, 0) is 22.6 Å². The van der Waals surface area contributed by atoms with Gasteiger partial charge in [-0.05, 0) is 55.2 Å². The molecule has 1 N–H and O–H groups in total. The molecule has 7 nitrogen and oxygen atoms in total. The summed E-state index contributed by atoms with van der Waals surface area (Å²) in [6.07, 6.45) is 2.74. The molecule has 0 aromatic heterocycles. The molecule has 0 saturated carbocycles. The highest BCUT2D eigenvalue weighted by molar-refractivity contribution is 5.87. The molecule has 3 rings (SSSR count). The Morgan fingerprint density at radius 3 is 2.64 bits per heavy atom. The Hall–Kier alpha value is -3.22. The number of benzene rings is 2. The second kappa shape index (κ2) is 12.1. The molecule has 0 bridgehead atoms. The Morgan fingerprint density at radius 1 is 1.09 bits per heavy atom. The Kier molecular flexibility index (Phi) is 8.98. The van der Waals surface area contributed by atoms with E-state index in [4.69, 9.17) is 14.2 Å². The van der Waals surface area contributed by atoms with Crippen LogP contribution < -0.4 is 19.5 Å². The second-order valence-corrected chi connectivity index (χ2v) is 8.17. The van der Waals surface area contributed by atoms with E-state index in [2.05, 4.69) is 12.2 Å². The summed E-state index contributed by atoms with van der Waals surface area (Å²) in [5.74, 6) is 1.94. The molecular formula is C26H34N2O5. The van der Waals surface area contributed by atoms with Gasteiger partial charge >= 0.3 is 0 Å². The number of nitrogens with zero attached hydrogens (tertiary/aromatic N) is 1. The number of rotatable bonds is 11. The Bertz CT molecular complexity index is 946. The van der Waals surface area contributed by atoms with Crippen LogP contribution in [0.5, 0.6) is 17.2 Å². The maximum atomic E-state index is 13.3. The molecule has 0 aliphatic carbocycles. The lowest BCUT2D eigenvalue weighted by Gasteiger charge is -2.29. The van der Waals surface area contributed by atoms with Crippen molar-refractivity contribution in [3.63, 3.8) is 0 Å². The van der Waals surface area contributed by atoms with E-state index in [1.807, 2.05) is 42.5 Å². The van der Waals surface area contributed by atoms with Crippen molar-refractivity contribution in [1.82, 2.24) is 10.2 Å². The smallest absolute Gasteiger partial charge is 0.242 e. The van der Waals surface area contributed by atoms with Crippen LogP contribution >= 0.6 is 0 Å². The summed E-state index contributed by atoms with van der Waals surface area (Å²) in [7, 11) is 1.61. The van der Waals surface area contributed by atoms with Gasteiger partial charge in [-0.15, -0.1) is 0 Å². The second-order valence-electron chi connectivity index (χ2n) is 8.17. The summed E-state index contributed by atoms with van der Waals surface area (Å²) in [5, 5.41) is 2.95. The van der Waals surface area contributed by atoms with Crippen molar-refractivity contribution >= 4 is 11.8 Å². The molecule has 1 heterocycles. The first kappa shape index (κ1) is 24.4. The van der Waals surface area contributed by atoms with E-state index in [1.54, 1.807) is 18.9 Å². The van der Waals surface area contributed by atoms with Crippen LogP contribution in [0.3, 0.4) is 0 Å². The standard InChI is InChI=1S/C26H34N2O5/c1-4-5-13-27-26(30)19(2)28(18-21-7-6-8-22(16-21)31-3)25(29)12-10-20-9-11-23-24(17-20)33-15-14-32-23/h6-9,11,16-17,19H,4-5,10,12-15,18H2,1-3H3,(H,27,30)/t19-/m1/s1. The molecule has 178 valence electrons. The van der Waals surface area contributed by atoms with Gasteiger partial charge < -0.3 is 24.4 Å². The summed E-state index contributed by atoms with van der Waals surface area (Å²) in [4.78, 5) is 27.7. The highest BCUT2D eigenvalue weighted by Gasteiger charge is 2.26. The summed E-state index contributed by atoms with van der Waals surface area (Å²) < 4.78 is 16.5. The zero-order valence-electron chi connectivity index (χ0n) is 19.8. The van der Waals surface area contributed by atoms with Gasteiger partial charge in [0.2, 0.25) is 11.8 Å². The van der Waals surface area contributed by atoms with Gasteiger partial charge in [0.25, 0.3) is 0 Å². The minimum atomic E-state index is -0.583. The van der Waals surface area contributed by atoms with E-state index in [9.17, 15) is 9.59 Å². The van der Waals surface area contributed by atoms with Crippen molar-refractivity contribution in [2.75, 3.05) is 26.9 Å². The Labute approximate surface area is 196 Å². The summed E-state index contributed by atoms with van der Waals surface area (Å²) in [6.45, 7) is 5.86. The van der Waals surface area contributed by atoms with Crippen LogP contribution in [0.1, 0.15) is 44.2 Å². The number of hydrogen-bond donors (Lipinski definition) is 1. The van der Waals surface area contributed by atoms with E-state index in [0.29, 0.717) is 38.5 Å². The van der Waals surface area contributed by atoms with Crippen LogP contribution in [0.15, 0.2) is 42.5 Å². The molecule has 7 heteroatoms. The number of unbranched alkanes of at least 4 members (excludes halogenated alkanes) is 1. The maximum Gasteiger partial charge on any atom is 0.242 e. The van der Waals surface area contributed by atoms with Crippen LogP contribution in [0, 0.1) is 0 Å². The molecule has 1 aliphatic heterocycles. The predicted molar refractivity (Wildman–Crippen MR) is 127 cm³/mol. The van der Waals surface area contributed by atoms with Crippen molar-refractivity contribution in [2.45, 2.75) is 52.1 Å². The molecule has 1 atom stereocenters. The monoisotopic (exact) mass is 454 g/mol. The lowest BCUT2D eigenvalue weighted by molar-refractivity contribution is -0.140. The molecule has 0 radical (unpaired) electrons. The fraction of sp³-hybridized carbons (Fsp3) is 0.462. The van der Waals surface area contributed by atoms with Crippen LogP contribution in [0.2, 0.25) is 0 Å². The minimum Gasteiger partial charge on any atom is -0.497 e. The lowest BCUT2D eigenvalue weighted by Crippen LogP contribution is -2.47. The molecule has 1 aliphatic rings. The molecular weight excluding hydrogens is 420 g/mol. The van der Waals surface area contributed by atoms with Gasteiger partial charge in [0.1, 0.15) is 25.0 Å². The number of amides is 2. The first-order chi connectivity index (χ1) is 16.0. The van der Waals surface area contributed by atoms with Gasteiger partial charge in [0.15, 0.2) is 11.5 Å². The topological polar surface area (TPSA) is 77.1 Å². The molecule has 0 fully saturated rings. The van der Waals surface area contributed by atoms with E-state index < -0.39 is 6.04 Å². The maximum absolute atomic E-state index is 13.3. The van der Waals surface area contributed by atoms with Crippen molar-refractivity contribution in [2.24, 2.45) is 0 Å². The number of nitrogens with one attached hydrogen (secondary N) is 1. The minimum absolute atomic E-state index is 0.0779. The third-order valence-corrected chi connectivity index (χ3v) is 5.72. The van der Waals surface area contributed by atoms with Crippen LogP contribution in [-0.4, -0.2) is 49.6 Å². The van der Waals surface area contributed by atoms with Gasteiger partial charge in [-0.3, -0.25) is 9.59 Å². The molecule has 33 heavy (non-hydrogen) atoms. The van der Waals surface area contributed by atoms with E-state index in [0.717, 1.165) is 35.5 Å². The van der Waals surface area contributed by atoms with Crippen LogP contribution in [0.4, 0.5) is 0 Å². The van der Waals surface area contributed by atoms with Crippen molar-refractivity contribution in [3.8, 4) is 17.2 Å². The Morgan fingerprint density at radius 2 is 1.88 bits per heavy atom. The number of ether oxygens (including phenoxy) is 3. The molecule has 2 aromatic rings. The average molecular weight is 455 g/mol. The number of carbonyl (C=O) groups excluding carboxylic acids is 2. The summed E-state index contributed by atoms with van der Waals surface area (Å²) in [5.41, 5.74) is 1.91. The van der Waals surface area contributed by atoms with Crippen LogP contribution in [0.25, 0.3) is 0 Å². The molecule has 0 saturated heterocycles. The zero-order valence-corrected chi connectivity index (χ0v) is 19.8. The highest BCUT2D eigenvalue weighted by Crippen LogP contribution is 2.31. The molecule has 2 amide bonds. The number of methoxy groups -OCH3 is 1. The molecule has 2 aromatic carbocycles. The Balaban J connectivity index is 1.71. The molecule has 0 spiro atoms. The summed E-state index contributed by atoms with van der Waals surface area (Å²) in [6, 6.07) is 12.8.